The molecule has 0 saturated carbocycles. The molecule has 8 heteroatoms. The molecule has 1 unspecified atom stereocenters. The molecular formula is C17H28N4O3S. The Kier molecular flexibility index (Phi) is 7.22. The molecule has 25 heavy (non-hydrogen) atoms. The maximum Gasteiger partial charge on any atom is 0.213 e. The predicted molar refractivity (Wildman–Crippen MR) is 101 cm³/mol. The van der Waals surface area contributed by atoms with Crippen LogP contribution in [0.5, 0.6) is 0 Å². The quantitative estimate of drug-likeness (QED) is 0.500. The number of nitrogens with zero attached hydrogens (tertiary/aromatic N) is 1. The van der Waals surface area contributed by atoms with Crippen LogP contribution in [0.4, 0.5) is 5.69 Å². The number of aliphatic imine (C=N–C) groups is 1. The van der Waals surface area contributed by atoms with Crippen LogP contribution in [0.2, 0.25) is 0 Å². The van der Waals surface area contributed by atoms with Crippen molar-refractivity contribution in [2.45, 2.75) is 39.2 Å². The van der Waals surface area contributed by atoms with E-state index in [1.807, 2.05) is 32.0 Å². The van der Waals surface area contributed by atoms with Gasteiger partial charge in [0.05, 0.1) is 18.4 Å². The molecule has 0 aromatic heterocycles. The number of benzene rings is 1. The lowest BCUT2D eigenvalue weighted by Gasteiger charge is -2.22. The van der Waals surface area contributed by atoms with Crippen LogP contribution in [0.25, 0.3) is 0 Å². The summed E-state index contributed by atoms with van der Waals surface area (Å²) in [5, 5.41) is 2.97. The van der Waals surface area contributed by atoms with Crippen molar-refractivity contribution in [2.75, 3.05) is 30.8 Å². The van der Waals surface area contributed by atoms with E-state index in [2.05, 4.69) is 15.0 Å². The third kappa shape index (κ3) is 7.01. The SMILES string of the molecule is Cc1ccc(NC(N)=NCCS(=O)(=O)NCC2CCCCO2)cc1C. The van der Waals surface area contributed by atoms with Gasteiger partial charge in [-0.2, -0.15) is 0 Å². The molecule has 1 aromatic carbocycles. The summed E-state index contributed by atoms with van der Waals surface area (Å²) < 4.78 is 32.1. The zero-order chi connectivity index (χ0) is 18.3. The third-order valence-electron chi connectivity index (χ3n) is 4.23. The molecular weight excluding hydrogens is 340 g/mol. The van der Waals surface area contributed by atoms with Crippen molar-refractivity contribution in [3.63, 3.8) is 0 Å². The van der Waals surface area contributed by atoms with E-state index in [4.69, 9.17) is 10.5 Å². The van der Waals surface area contributed by atoms with Crippen LogP contribution in [-0.2, 0) is 14.8 Å². The second kappa shape index (κ2) is 9.17. The second-order valence-corrected chi connectivity index (χ2v) is 8.27. The van der Waals surface area contributed by atoms with E-state index in [0.717, 1.165) is 30.5 Å². The Hall–Kier alpha value is -1.64. The summed E-state index contributed by atoms with van der Waals surface area (Å²) in [6.07, 6.45) is 3.00. The van der Waals surface area contributed by atoms with Crippen molar-refractivity contribution in [1.82, 2.24) is 4.72 Å². The molecule has 1 fully saturated rings. The van der Waals surface area contributed by atoms with Crippen LogP contribution in [-0.4, -0.2) is 45.9 Å². The van der Waals surface area contributed by atoms with Gasteiger partial charge >= 0.3 is 0 Å². The first-order valence-electron chi connectivity index (χ1n) is 8.59. The zero-order valence-corrected chi connectivity index (χ0v) is 15.7. The van der Waals surface area contributed by atoms with E-state index in [9.17, 15) is 8.42 Å². The van der Waals surface area contributed by atoms with Crippen molar-refractivity contribution in [1.29, 1.82) is 0 Å². The highest BCUT2D eigenvalue weighted by Crippen LogP contribution is 2.14. The first-order valence-corrected chi connectivity index (χ1v) is 10.2. The molecule has 1 atom stereocenters. The van der Waals surface area contributed by atoms with Crippen molar-refractivity contribution >= 4 is 21.7 Å². The lowest BCUT2D eigenvalue weighted by Crippen LogP contribution is -2.37. The van der Waals surface area contributed by atoms with Gasteiger partial charge in [0.25, 0.3) is 0 Å². The van der Waals surface area contributed by atoms with Gasteiger partial charge in [-0.15, -0.1) is 0 Å². The van der Waals surface area contributed by atoms with Crippen LogP contribution in [0, 0.1) is 13.8 Å². The Morgan fingerprint density at radius 3 is 2.80 bits per heavy atom. The van der Waals surface area contributed by atoms with Crippen LogP contribution in [0.1, 0.15) is 30.4 Å². The standard InChI is InChI=1S/C17H28N4O3S/c1-13-6-7-15(11-14(13)2)21-17(18)19-8-10-25(22,23)20-12-16-5-3-4-9-24-16/h6-7,11,16,20H,3-5,8-10,12H2,1-2H3,(H3,18,19,21). The van der Waals surface area contributed by atoms with E-state index in [0.29, 0.717) is 13.2 Å². The van der Waals surface area contributed by atoms with Gasteiger partial charge < -0.3 is 15.8 Å². The number of nitrogens with one attached hydrogen (secondary N) is 2. The van der Waals surface area contributed by atoms with Crippen molar-refractivity contribution in [3.8, 4) is 0 Å². The maximum atomic E-state index is 12.0. The molecule has 0 spiro atoms. The highest BCUT2D eigenvalue weighted by molar-refractivity contribution is 7.89. The van der Waals surface area contributed by atoms with Crippen molar-refractivity contribution in [3.05, 3.63) is 29.3 Å². The Morgan fingerprint density at radius 1 is 1.32 bits per heavy atom. The molecule has 1 aliphatic heterocycles. The topological polar surface area (TPSA) is 106 Å². The summed E-state index contributed by atoms with van der Waals surface area (Å²) in [5.74, 6) is 0.101. The predicted octanol–water partition coefficient (Wildman–Crippen LogP) is 1.52. The van der Waals surface area contributed by atoms with Crippen LogP contribution in [0.15, 0.2) is 23.2 Å². The number of rotatable bonds is 7. The molecule has 0 bridgehead atoms. The minimum atomic E-state index is -3.38. The normalized spacial score (nSPS) is 19.0. The van der Waals surface area contributed by atoms with E-state index in [-0.39, 0.29) is 24.4 Å². The van der Waals surface area contributed by atoms with Gasteiger partial charge in [0.1, 0.15) is 0 Å². The number of anilines is 1. The molecule has 7 nitrogen and oxygen atoms in total. The summed E-state index contributed by atoms with van der Waals surface area (Å²) in [7, 11) is -3.38. The Balaban J connectivity index is 1.76. The third-order valence-corrected chi connectivity index (χ3v) is 5.55. The summed E-state index contributed by atoms with van der Waals surface area (Å²) in [4.78, 5) is 4.08. The van der Waals surface area contributed by atoms with Gasteiger partial charge in [0, 0.05) is 18.8 Å². The van der Waals surface area contributed by atoms with Gasteiger partial charge in [-0.3, -0.25) is 4.99 Å². The molecule has 0 amide bonds. The fourth-order valence-corrected chi connectivity index (χ4v) is 3.47. The zero-order valence-electron chi connectivity index (χ0n) is 14.9. The average Bonchev–Trinajstić information content (AvgIpc) is 2.57. The van der Waals surface area contributed by atoms with Crippen molar-refractivity contribution < 1.29 is 13.2 Å². The van der Waals surface area contributed by atoms with Gasteiger partial charge in [0.15, 0.2) is 5.96 Å². The van der Waals surface area contributed by atoms with Crippen molar-refractivity contribution in [2.24, 2.45) is 10.7 Å². The lowest BCUT2D eigenvalue weighted by atomic mass is 10.1. The molecule has 1 aliphatic rings. The van der Waals surface area contributed by atoms with Gasteiger partial charge in [-0.25, -0.2) is 13.1 Å². The molecule has 1 heterocycles. The number of hydrogen-bond donors (Lipinski definition) is 3. The number of nitrogens with two attached hydrogens (primary N) is 1. The van der Waals surface area contributed by atoms with Gasteiger partial charge in [0.2, 0.25) is 10.0 Å². The molecule has 0 radical (unpaired) electrons. The molecule has 0 aliphatic carbocycles. The fraction of sp³-hybridized carbons (Fsp3) is 0.588. The number of aryl methyl sites for hydroxylation is 2. The summed E-state index contributed by atoms with van der Waals surface area (Å²) in [6, 6.07) is 5.88. The number of guanidine groups is 1. The fourth-order valence-electron chi connectivity index (χ4n) is 2.55. The first kappa shape index (κ1) is 19.7. The van der Waals surface area contributed by atoms with Crippen LogP contribution in [0.3, 0.4) is 0 Å². The van der Waals surface area contributed by atoms with E-state index < -0.39 is 10.0 Å². The summed E-state index contributed by atoms with van der Waals surface area (Å²) >= 11 is 0. The summed E-state index contributed by atoms with van der Waals surface area (Å²) in [6.45, 7) is 5.18. The molecule has 4 N–H and O–H groups in total. The highest BCUT2D eigenvalue weighted by Gasteiger charge is 2.17. The lowest BCUT2D eigenvalue weighted by molar-refractivity contribution is 0.0200. The Morgan fingerprint density at radius 2 is 2.12 bits per heavy atom. The first-order chi connectivity index (χ1) is 11.9. The average molecular weight is 369 g/mol. The van der Waals surface area contributed by atoms with E-state index in [1.165, 1.54) is 5.56 Å². The Labute approximate surface area is 150 Å². The maximum absolute atomic E-state index is 12.0. The minimum Gasteiger partial charge on any atom is -0.377 e. The van der Waals surface area contributed by atoms with Gasteiger partial charge in [-0.05, 0) is 56.4 Å². The minimum absolute atomic E-state index is 0.0245. The Bertz CT molecular complexity index is 698. The second-order valence-electron chi connectivity index (χ2n) is 6.35. The monoisotopic (exact) mass is 368 g/mol. The van der Waals surface area contributed by atoms with E-state index >= 15 is 0 Å². The summed E-state index contributed by atoms with van der Waals surface area (Å²) in [5.41, 5.74) is 8.99. The van der Waals surface area contributed by atoms with Gasteiger partial charge in [-0.1, -0.05) is 6.07 Å². The number of hydrogen-bond acceptors (Lipinski definition) is 4. The van der Waals surface area contributed by atoms with E-state index in [1.54, 1.807) is 0 Å². The van der Waals surface area contributed by atoms with Crippen LogP contribution < -0.4 is 15.8 Å². The largest absolute Gasteiger partial charge is 0.377 e. The number of sulfonamides is 1. The molecule has 1 saturated heterocycles. The molecule has 140 valence electrons. The smallest absolute Gasteiger partial charge is 0.213 e. The van der Waals surface area contributed by atoms with Crippen LogP contribution >= 0.6 is 0 Å². The molecule has 1 aromatic rings. The highest BCUT2D eigenvalue weighted by atomic mass is 32.2. The number of ether oxygens (including phenoxy) is 1. The molecule has 2 rings (SSSR count).